The van der Waals surface area contributed by atoms with E-state index in [1.54, 1.807) is 38.5 Å². The molecule has 0 radical (unpaired) electrons. The zero-order valence-electron chi connectivity index (χ0n) is 16.1. The summed E-state index contributed by atoms with van der Waals surface area (Å²) in [5.41, 5.74) is 1.76. The lowest BCUT2D eigenvalue weighted by molar-refractivity contribution is -0.885. The molecule has 0 saturated heterocycles. The van der Waals surface area contributed by atoms with E-state index >= 15 is 0 Å². The molecule has 0 fully saturated rings. The predicted octanol–water partition coefficient (Wildman–Crippen LogP) is 1.92. The molecule has 0 aromatic heterocycles. The van der Waals surface area contributed by atoms with Crippen molar-refractivity contribution in [3.05, 3.63) is 60.7 Å². The maximum atomic E-state index is 12.4. The molecular weight excluding hydrogens is 344 g/mol. The zero-order valence-corrected chi connectivity index (χ0v) is 16.1. The molecule has 0 bridgehead atoms. The Morgan fingerprint density at radius 2 is 1.81 bits per heavy atom. The molecule has 1 atom stereocenters. The van der Waals surface area contributed by atoms with Gasteiger partial charge in [0.1, 0.15) is 30.4 Å². The summed E-state index contributed by atoms with van der Waals surface area (Å²) >= 11 is 0. The first-order valence-corrected chi connectivity index (χ1v) is 8.71. The average Bonchev–Trinajstić information content (AvgIpc) is 2.67. The third-order valence-electron chi connectivity index (χ3n) is 3.94. The van der Waals surface area contributed by atoms with Crippen LogP contribution in [0.5, 0.6) is 17.2 Å². The SMILES string of the molecule is C=CCOc1ccc(C[NH+](C)CC(=O)Nc2ccc(OC)cc2OC)cc1. The first-order valence-electron chi connectivity index (χ1n) is 8.71. The fourth-order valence-electron chi connectivity index (χ4n) is 2.64. The van der Waals surface area contributed by atoms with Crippen LogP contribution < -0.4 is 24.4 Å². The summed E-state index contributed by atoms with van der Waals surface area (Å²) < 4.78 is 16.0. The molecule has 144 valence electrons. The van der Waals surface area contributed by atoms with Gasteiger partial charge in [0.2, 0.25) is 0 Å². The van der Waals surface area contributed by atoms with E-state index in [1.165, 1.54) is 0 Å². The van der Waals surface area contributed by atoms with Crippen molar-refractivity contribution in [3.8, 4) is 17.2 Å². The molecule has 6 heteroatoms. The van der Waals surface area contributed by atoms with E-state index in [0.717, 1.165) is 22.8 Å². The molecule has 0 saturated carbocycles. The molecule has 0 aliphatic carbocycles. The lowest BCUT2D eigenvalue weighted by atomic mass is 10.2. The van der Waals surface area contributed by atoms with Gasteiger partial charge in [-0.1, -0.05) is 12.7 Å². The van der Waals surface area contributed by atoms with Crippen molar-refractivity contribution in [1.82, 2.24) is 0 Å². The Hall–Kier alpha value is -2.99. The maximum Gasteiger partial charge on any atom is 0.279 e. The minimum atomic E-state index is -0.0816. The standard InChI is InChI=1S/C21H26N2O4/c1-5-12-27-17-8-6-16(7-9-17)14-23(2)15-21(24)22-19-11-10-18(25-3)13-20(19)26-4/h5-11,13H,1,12,14-15H2,2-4H3,(H,22,24)/p+1. The monoisotopic (exact) mass is 371 g/mol. The second-order valence-corrected chi connectivity index (χ2v) is 6.17. The van der Waals surface area contributed by atoms with Crippen LogP contribution in [0.4, 0.5) is 5.69 Å². The van der Waals surface area contributed by atoms with Gasteiger partial charge >= 0.3 is 0 Å². The van der Waals surface area contributed by atoms with Crippen molar-refractivity contribution >= 4 is 11.6 Å². The number of anilines is 1. The number of benzene rings is 2. The Bertz CT molecular complexity index is 759. The van der Waals surface area contributed by atoms with Crippen molar-refractivity contribution in [2.45, 2.75) is 6.54 Å². The van der Waals surface area contributed by atoms with Gasteiger partial charge in [0.25, 0.3) is 5.91 Å². The summed E-state index contributed by atoms with van der Waals surface area (Å²) in [7, 11) is 5.13. The lowest BCUT2D eigenvalue weighted by Gasteiger charge is -2.15. The summed E-state index contributed by atoms with van der Waals surface area (Å²) in [5.74, 6) is 1.96. The molecule has 2 aromatic carbocycles. The molecule has 0 aliphatic heterocycles. The molecule has 6 nitrogen and oxygen atoms in total. The molecule has 1 unspecified atom stereocenters. The molecule has 0 aliphatic rings. The summed E-state index contributed by atoms with van der Waals surface area (Å²) in [6, 6.07) is 13.2. The Kier molecular flexibility index (Phi) is 7.70. The Labute approximate surface area is 160 Å². The van der Waals surface area contributed by atoms with Crippen LogP contribution in [0.25, 0.3) is 0 Å². The summed E-state index contributed by atoms with van der Waals surface area (Å²) in [6.07, 6.45) is 1.71. The molecule has 27 heavy (non-hydrogen) atoms. The van der Waals surface area contributed by atoms with Gasteiger partial charge in [0, 0.05) is 11.6 Å². The highest BCUT2D eigenvalue weighted by atomic mass is 16.5. The Balaban J connectivity index is 1.89. The van der Waals surface area contributed by atoms with Crippen molar-refractivity contribution in [2.75, 3.05) is 39.7 Å². The second kappa shape index (κ2) is 10.2. The van der Waals surface area contributed by atoms with E-state index in [2.05, 4.69) is 11.9 Å². The third-order valence-corrected chi connectivity index (χ3v) is 3.94. The largest absolute Gasteiger partial charge is 0.497 e. The zero-order chi connectivity index (χ0) is 19.6. The van der Waals surface area contributed by atoms with Crippen LogP contribution in [0.1, 0.15) is 5.56 Å². The van der Waals surface area contributed by atoms with Crippen molar-refractivity contribution in [2.24, 2.45) is 0 Å². The van der Waals surface area contributed by atoms with Crippen LogP contribution in [-0.4, -0.2) is 40.3 Å². The van der Waals surface area contributed by atoms with E-state index in [1.807, 2.05) is 31.3 Å². The van der Waals surface area contributed by atoms with Crippen LogP contribution in [0.3, 0.4) is 0 Å². The lowest BCUT2D eigenvalue weighted by Crippen LogP contribution is -3.08. The number of amides is 1. The van der Waals surface area contributed by atoms with E-state index in [0.29, 0.717) is 30.3 Å². The highest BCUT2D eigenvalue weighted by Gasteiger charge is 2.14. The molecule has 0 spiro atoms. The van der Waals surface area contributed by atoms with Crippen molar-refractivity contribution in [3.63, 3.8) is 0 Å². The van der Waals surface area contributed by atoms with E-state index in [-0.39, 0.29) is 5.91 Å². The minimum absolute atomic E-state index is 0.0816. The first kappa shape index (κ1) is 20.3. The second-order valence-electron chi connectivity index (χ2n) is 6.17. The van der Waals surface area contributed by atoms with Crippen LogP contribution in [0, 0.1) is 0 Å². The summed E-state index contributed by atoms with van der Waals surface area (Å²) in [5, 5.41) is 2.89. The fraction of sp³-hybridized carbons (Fsp3) is 0.286. The normalized spacial score (nSPS) is 11.4. The summed E-state index contributed by atoms with van der Waals surface area (Å²) in [6.45, 7) is 5.18. The topological polar surface area (TPSA) is 61.2 Å². The van der Waals surface area contributed by atoms with E-state index in [9.17, 15) is 4.79 Å². The first-order chi connectivity index (χ1) is 13.0. The predicted molar refractivity (Wildman–Crippen MR) is 106 cm³/mol. The average molecular weight is 371 g/mol. The third kappa shape index (κ3) is 6.34. The van der Waals surface area contributed by atoms with Gasteiger partial charge in [-0.05, 0) is 36.4 Å². The van der Waals surface area contributed by atoms with Crippen molar-refractivity contribution in [1.29, 1.82) is 0 Å². The van der Waals surface area contributed by atoms with Gasteiger partial charge in [0.15, 0.2) is 6.54 Å². The molecule has 2 aromatic rings. The number of quaternary nitrogens is 1. The Morgan fingerprint density at radius 1 is 1.11 bits per heavy atom. The van der Waals surface area contributed by atoms with Gasteiger partial charge in [0.05, 0.1) is 27.0 Å². The number of ether oxygens (including phenoxy) is 3. The number of hydrogen-bond acceptors (Lipinski definition) is 4. The van der Waals surface area contributed by atoms with E-state index in [4.69, 9.17) is 14.2 Å². The van der Waals surface area contributed by atoms with Gasteiger partial charge < -0.3 is 24.4 Å². The quantitative estimate of drug-likeness (QED) is 0.627. The highest BCUT2D eigenvalue weighted by Crippen LogP contribution is 2.28. The number of hydrogen-bond donors (Lipinski definition) is 2. The van der Waals surface area contributed by atoms with Crippen molar-refractivity contribution < 1.29 is 23.9 Å². The number of carbonyl (C=O) groups is 1. The molecular formula is C21H27N2O4+. The number of methoxy groups -OCH3 is 2. The fourth-order valence-corrected chi connectivity index (χ4v) is 2.64. The van der Waals surface area contributed by atoms with Crippen LogP contribution in [0.2, 0.25) is 0 Å². The minimum Gasteiger partial charge on any atom is -0.497 e. The molecule has 1 amide bonds. The van der Waals surface area contributed by atoms with Crippen LogP contribution in [-0.2, 0) is 11.3 Å². The number of likely N-dealkylation sites (N-methyl/N-ethyl adjacent to an activating group) is 1. The molecule has 0 heterocycles. The Morgan fingerprint density at radius 3 is 2.44 bits per heavy atom. The van der Waals surface area contributed by atoms with Gasteiger partial charge in [-0.15, -0.1) is 0 Å². The van der Waals surface area contributed by atoms with Gasteiger partial charge in [-0.2, -0.15) is 0 Å². The summed E-state index contributed by atoms with van der Waals surface area (Å²) in [4.78, 5) is 13.4. The van der Waals surface area contributed by atoms with Crippen LogP contribution in [0.15, 0.2) is 55.1 Å². The van der Waals surface area contributed by atoms with Crippen LogP contribution >= 0.6 is 0 Å². The number of carbonyl (C=O) groups excluding carboxylic acids is 1. The smallest absolute Gasteiger partial charge is 0.279 e. The number of rotatable bonds is 10. The van der Waals surface area contributed by atoms with Gasteiger partial charge in [-0.3, -0.25) is 4.79 Å². The number of nitrogens with one attached hydrogen (secondary N) is 2. The van der Waals surface area contributed by atoms with Gasteiger partial charge in [-0.25, -0.2) is 0 Å². The molecule has 2 rings (SSSR count). The molecule has 2 N–H and O–H groups in total. The van der Waals surface area contributed by atoms with E-state index < -0.39 is 0 Å². The maximum absolute atomic E-state index is 12.4. The highest BCUT2D eigenvalue weighted by molar-refractivity contribution is 5.93.